The zero-order chi connectivity index (χ0) is 20.2. The van der Waals surface area contributed by atoms with E-state index in [2.05, 4.69) is 5.32 Å². The molecule has 1 aromatic carbocycles. The Morgan fingerprint density at radius 1 is 1.22 bits per heavy atom. The van der Waals surface area contributed by atoms with Gasteiger partial charge in [-0.05, 0) is 43.2 Å². The first-order valence-electron chi connectivity index (χ1n) is 8.24. The number of sulfonamides is 1. The quantitative estimate of drug-likeness (QED) is 0.709. The molecule has 0 spiro atoms. The molecule has 2 aromatic rings. The van der Waals surface area contributed by atoms with Gasteiger partial charge in [0.2, 0.25) is 10.0 Å². The second kappa shape index (κ2) is 8.64. The molecule has 2 rings (SSSR count). The molecule has 1 N–H and O–H groups in total. The Labute approximate surface area is 163 Å². The van der Waals surface area contributed by atoms with Crippen LogP contribution < -0.4 is 5.32 Å². The van der Waals surface area contributed by atoms with Crippen LogP contribution in [0.1, 0.15) is 27.0 Å². The van der Waals surface area contributed by atoms with E-state index in [1.54, 1.807) is 12.1 Å². The Hall–Kier alpha value is -2.23. The molecule has 9 heteroatoms. The molecule has 146 valence electrons. The van der Waals surface area contributed by atoms with Crippen LogP contribution in [0.5, 0.6) is 0 Å². The molecule has 0 unspecified atom stereocenters. The van der Waals surface area contributed by atoms with Gasteiger partial charge in [-0.15, -0.1) is 11.3 Å². The third-order valence-corrected chi connectivity index (χ3v) is 6.95. The largest absolute Gasteiger partial charge is 0.451 e. The molecule has 0 aliphatic heterocycles. The van der Waals surface area contributed by atoms with Gasteiger partial charge < -0.3 is 10.1 Å². The zero-order valence-corrected chi connectivity index (χ0v) is 17.2. The van der Waals surface area contributed by atoms with E-state index in [1.807, 2.05) is 13.8 Å². The molecule has 0 saturated carbocycles. The van der Waals surface area contributed by atoms with Crippen LogP contribution in [0.3, 0.4) is 0 Å². The lowest BCUT2D eigenvalue weighted by atomic mass is 10.2. The first-order chi connectivity index (χ1) is 12.6. The summed E-state index contributed by atoms with van der Waals surface area (Å²) in [7, 11) is -0.750. The molecule has 0 fully saturated rings. The van der Waals surface area contributed by atoms with E-state index in [4.69, 9.17) is 4.74 Å². The van der Waals surface area contributed by atoms with E-state index >= 15 is 0 Å². The van der Waals surface area contributed by atoms with E-state index in [0.29, 0.717) is 10.6 Å². The highest BCUT2D eigenvalue weighted by molar-refractivity contribution is 7.89. The second-order valence-corrected chi connectivity index (χ2v) is 9.30. The monoisotopic (exact) mass is 410 g/mol. The zero-order valence-electron chi connectivity index (χ0n) is 15.6. The number of nitrogens with one attached hydrogen (secondary N) is 1. The van der Waals surface area contributed by atoms with E-state index in [0.717, 1.165) is 21.2 Å². The number of amides is 1. The topological polar surface area (TPSA) is 92.8 Å². The van der Waals surface area contributed by atoms with Crippen molar-refractivity contribution in [1.29, 1.82) is 0 Å². The molecule has 0 saturated heterocycles. The number of rotatable bonds is 7. The number of carbonyl (C=O) groups is 2. The Morgan fingerprint density at radius 2 is 1.93 bits per heavy atom. The summed E-state index contributed by atoms with van der Waals surface area (Å²) in [5, 5.41) is 2.53. The van der Waals surface area contributed by atoms with E-state index in [9.17, 15) is 18.0 Å². The molecule has 0 radical (unpaired) electrons. The van der Waals surface area contributed by atoms with Crippen LogP contribution in [0, 0.1) is 6.92 Å². The second-order valence-electron chi connectivity index (χ2n) is 6.01. The van der Waals surface area contributed by atoms with Crippen LogP contribution >= 0.6 is 11.3 Å². The van der Waals surface area contributed by atoms with Crippen LogP contribution in [-0.2, 0) is 26.0 Å². The standard InChI is InChI=1S/C18H22N2O5S2/c1-5-15-12(2)9-16(26-15)18(22)25-11-17(21)19-13-7-6-8-14(10-13)27(23,24)20(3)4/h6-10H,5,11H2,1-4H3,(H,19,21). The highest BCUT2D eigenvalue weighted by atomic mass is 32.2. The number of esters is 1. The molecule has 1 amide bonds. The van der Waals surface area contributed by atoms with Crippen LogP contribution in [-0.4, -0.2) is 45.3 Å². The molecule has 0 aliphatic carbocycles. The average molecular weight is 411 g/mol. The van der Waals surface area contributed by atoms with E-state index in [-0.39, 0.29) is 4.90 Å². The van der Waals surface area contributed by atoms with Gasteiger partial charge in [0, 0.05) is 24.7 Å². The average Bonchev–Trinajstić information content (AvgIpc) is 3.00. The van der Waals surface area contributed by atoms with Crippen molar-refractivity contribution < 1.29 is 22.7 Å². The molecule has 1 aromatic heterocycles. The Morgan fingerprint density at radius 3 is 2.52 bits per heavy atom. The molecule has 0 bridgehead atoms. The van der Waals surface area contributed by atoms with Crippen molar-refractivity contribution in [3.8, 4) is 0 Å². The third kappa shape index (κ3) is 5.15. The predicted molar refractivity (Wildman–Crippen MR) is 105 cm³/mol. The van der Waals surface area contributed by atoms with Crippen molar-refractivity contribution in [3.05, 3.63) is 45.6 Å². The maximum absolute atomic E-state index is 12.1. The van der Waals surface area contributed by atoms with Gasteiger partial charge in [0.15, 0.2) is 6.61 Å². The Balaban J connectivity index is 1.99. The first-order valence-corrected chi connectivity index (χ1v) is 10.5. The summed E-state index contributed by atoms with van der Waals surface area (Å²) in [6, 6.07) is 7.63. The fourth-order valence-corrected chi connectivity index (χ4v) is 4.27. The van der Waals surface area contributed by atoms with Crippen molar-refractivity contribution in [3.63, 3.8) is 0 Å². The van der Waals surface area contributed by atoms with Crippen molar-refractivity contribution in [2.45, 2.75) is 25.2 Å². The van der Waals surface area contributed by atoms with Gasteiger partial charge in [-0.2, -0.15) is 0 Å². The van der Waals surface area contributed by atoms with Gasteiger partial charge in [-0.3, -0.25) is 4.79 Å². The Kier molecular flexibility index (Phi) is 6.74. The molecule has 7 nitrogen and oxygen atoms in total. The summed E-state index contributed by atoms with van der Waals surface area (Å²) in [4.78, 5) is 25.7. The lowest BCUT2D eigenvalue weighted by molar-refractivity contribution is -0.119. The minimum Gasteiger partial charge on any atom is -0.451 e. The van der Waals surface area contributed by atoms with Crippen LogP contribution in [0.2, 0.25) is 0 Å². The molecule has 0 atom stereocenters. The lowest BCUT2D eigenvalue weighted by Gasteiger charge is -2.12. The minimum absolute atomic E-state index is 0.0588. The Bertz CT molecular complexity index is 948. The number of nitrogens with zero attached hydrogens (tertiary/aromatic N) is 1. The van der Waals surface area contributed by atoms with Crippen LogP contribution in [0.15, 0.2) is 35.2 Å². The van der Waals surface area contributed by atoms with E-state index in [1.165, 1.54) is 43.6 Å². The number of hydrogen-bond donors (Lipinski definition) is 1. The maximum atomic E-state index is 12.1. The molecular formula is C18H22N2O5S2. The summed E-state index contributed by atoms with van der Waals surface area (Å²) in [5.74, 6) is -1.10. The fourth-order valence-electron chi connectivity index (χ4n) is 2.32. The molecule has 27 heavy (non-hydrogen) atoms. The van der Waals surface area contributed by atoms with Gasteiger partial charge in [0.25, 0.3) is 5.91 Å². The van der Waals surface area contributed by atoms with E-state index < -0.39 is 28.5 Å². The highest BCUT2D eigenvalue weighted by Gasteiger charge is 2.18. The summed E-state index contributed by atoms with van der Waals surface area (Å²) in [6.07, 6.45) is 0.830. The lowest BCUT2D eigenvalue weighted by Crippen LogP contribution is -2.23. The maximum Gasteiger partial charge on any atom is 0.348 e. The van der Waals surface area contributed by atoms with Crippen molar-refractivity contribution in [2.75, 3.05) is 26.0 Å². The minimum atomic E-state index is -3.60. The summed E-state index contributed by atoms with van der Waals surface area (Å²) in [6.45, 7) is 3.47. The number of ether oxygens (including phenoxy) is 1. The molecular weight excluding hydrogens is 388 g/mol. The summed E-state index contributed by atoms with van der Waals surface area (Å²) < 4.78 is 30.4. The van der Waals surface area contributed by atoms with Crippen molar-refractivity contribution >= 4 is 38.9 Å². The first kappa shape index (κ1) is 21.1. The normalized spacial score (nSPS) is 11.4. The number of thiophene rings is 1. The van der Waals surface area contributed by atoms with Gasteiger partial charge in [0.05, 0.1) is 4.90 Å². The molecule has 0 aliphatic rings. The number of anilines is 1. The van der Waals surface area contributed by atoms with Gasteiger partial charge in [-0.1, -0.05) is 13.0 Å². The predicted octanol–water partition coefficient (Wildman–Crippen LogP) is 2.66. The van der Waals surface area contributed by atoms with Gasteiger partial charge in [0.1, 0.15) is 4.88 Å². The SMILES string of the molecule is CCc1sc(C(=O)OCC(=O)Nc2cccc(S(=O)(=O)N(C)C)c2)cc1C. The third-order valence-electron chi connectivity index (χ3n) is 3.77. The molecule has 1 heterocycles. The van der Waals surface area contributed by atoms with Crippen LogP contribution in [0.4, 0.5) is 5.69 Å². The highest BCUT2D eigenvalue weighted by Crippen LogP contribution is 2.23. The van der Waals surface area contributed by atoms with Crippen molar-refractivity contribution in [1.82, 2.24) is 4.31 Å². The smallest absolute Gasteiger partial charge is 0.348 e. The number of aryl methyl sites for hydroxylation is 2. The number of hydrogen-bond acceptors (Lipinski definition) is 6. The number of carbonyl (C=O) groups excluding carboxylic acids is 2. The van der Waals surface area contributed by atoms with Gasteiger partial charge >= 0.3 is 5.97 Å². The number of benzene rings is 1. The fraction of sp³-hybridized carbons (Fsp3) is 0.333. The van der Waals surface area contributed by atoms with Gasteiger partial charge in [-0.25, -0.2) is 17.5 Å². The van der Waals surface area contributed by atoms with Crippen molar-refractivity contribution in [2.24, 2.45) is 0 Å². The van der Waals surface area contributed by atoms with Crippen LogP contribution in [0.25, 0.3) is 0 Å². The summed E-state index contributed by atoms with van der Waals surface area (Å²) in [5.41, 5.74) is 1.33. The summed E-state index contributed by atoms with van der Waals surface area (Å²) >= 11 is 1.35.